The molecule has 0 bridgehead atoms. The molecule has 0 aliphatic carbocycles. The van der Waals surface area contributed by atoms with Crippen LogP contribution in [0.1, 0.15) is 10.4 Å². The lowest BCUT2D eigenvalue weighted by atomic mass is 10.3. The number of nitrogens with one attached hydrogen (secondary N) is 1. The molecular formula is C12H10BrF2NO3S2. The fourth-order valence-electron chi connectivity index (χ4n) is 1.60. The molecule has 2 rings (SSSR count). The van der Waals surface area contributed by atoms with Gasteiger partial charge >= 0.3 is 0 Å². The van der Waals surface area contributed by atoms with Crippen LogP contribution in [-0.4, -0.2) is 13.5 Å². The van der Waals surface area contributed by atoms with Crippen molar-refractivity contribution in [1.82, 2.24) is 0 Å². The predicted molar refractivity (Wildman–Crippen MR) is 79.8 cm³/mol. The first-order valence-electron chi connectivity index (χ1n) is 5.62. The van der Waals surface area contributed by atoms with Crippen LogP contribution in [0.5, 0.6) is 0 Å². The first-order chi connectivity index (χ1) is 9.74. The third kappa shape index (κ3) is 3.42. The third-order valence-electron chi connectivity index (χ3n) is 2.65. The maximum atomic E-state index is 13.7. The van der Waals surface area contributed by atoms with E-state index >= 15 is 0 Å². The van der Waals surface area contributed by atoms with Crippen LogP contribution in [0.25, 0.3) is 0 Å². The number of hydrogen-bond donors (Lipinski definition) is 2. The zero-order chi connectivity index (χ0) is 15.8. The van der Waals surface area contributed by atoms with E-state index in [-0.39, 0.29) is 21.0 Å². The van der Waals surface area contributed by atoms with Gasteiger partial charge in [-0.25, -0.2) is 17.2 Å². The molecule has 114 valence electrons. The minimum absolute atomic E-state index is 0.0424. The molecular weight excluding hydrogens is 388 g/mol. The Hall–Kier alpha value is -1.03. The summed E-state index contributed by atoms with van der Waals surface area (Å²) in [7, 11) is -4.02. The van der Waals surface area contributed by atoms with Gasteiger partial charge in [-0.15, -0.1) is 11.3 Å². The number of anilines is 1. The van der Waals surface area contributed by atoms with E-state index in [0.717, 1.165) is 17.4 Å². The second kappa shape index (κ2) is 5.99. The van der Waals surface area contributed by atoms with E-state index in [1.165, 1.54) is 6.07 Å². The number of aryl methyl sites for hydroxylation is 1. The number of benzene rings is 1. The van der Waals surface area contributed by atoms with Gasteiger partial charge in [0.1, 0.15) is 10.0 Å². The highest BCUT2D eigenvalue weighted by Gasteiger charge is 2.22. The van der Waals surface area contributed by atoms with Crippen LogP contribution in [0.15, 0.2) is 26.9 Å². The highest BCUT2D eigenvalue weighted by molar-refractivity contribution is 9.10. The molecule has 1 aromatic carbocycles. The Bertz CT molecular complexity index is 767. The first kappa shape index (κ1) is 16.3. The zero-order valence-corrected chi connectivity index (χ0v) is 13.9. The van der Waals surface area contributed by atoms with Gasteiger partial charge in [0.15, 0.2) is 5.82 Å². The summed E-state index contributed by atoms with van der Waals surface area (Å²) in [5.74, 6) is -1.85. The van der Waals surface area contributed by atoms with Crippen molar-refractivity contribution in [1.29, 1.82) is 0 Å². The van der Waals surface area contributed by atoms with Crippen LogP contribution >= 0.6 is 27.3 Å². The average molecular weight is 398 g/mol. The van der Waals surface area contributed by atoms with Crippen molar-refractivity contribution < 1.29 is 22.3 Å². The van der Waals surface area contributed by atoms with E-state index in [1.54, 1.807) is 6.92 Å². The van der Waals surface area contributed by atoms with Crippen molar-refractivity contribution in [3.8, 4) is 0 Å². The maximum Gasteiger partial charge on any atom is 0.271 e. The molecule has 2 aromatic rings. The number of hydrogen-bond acceptors (Lipinski definition) is 4. The van der Waals surface area contributed by atoms with Crippen LogP contribution in [0.4, 0.5) is 14.5 Å². The summed E-state index contributed by atoms with van der Waals surface area (Å²) in [4.78, 5) is 0.508. The largest absolute Gasteiger partial charge is 0.391 e. The summed E-state index contributed by atoms with van der Waals surface area (Å²) < 4.78 is 53.1. The van der Waals surface area contributed by atoms with Crippen molar-refractivity contribution in [2.24, 2.45) is 0 Å². The predicted octanol–water partition coefficient (Wildman–Crippen LogP) is 3.39. The number of aliphatic hydroxyl groups is 1. The van der Waals surface area contributed by atoms with Crippen molar-refractivity contribution in [2.75, 3.05) is 4.72 Å². The fraction of sp³-hybridized carbons (Fsp3) is 0.167. The van der Waals surface area contributed by atoms with E-state index in [0.29, 0.717) is 16.5 Å². The highest BCUT2D eigenvalue weighted by Crippen LogP contribution is 2.32. The van der Waals surface area contributed by atoms with Crippen LogP contribution in [0, 0.1) is 18.6 Å². The standard InChI is InChI=1S/C12H10BrF2NO3S2/c1-6-2-11(20-10(6)5-17)21(18,19)16-12-8(13)3-7(14)4-9(12)15/h2-4,16-17H,5H2,1H3. The second-order valence-corrected chi connectivity index (χ2v) is 8.08. The summed E-state index contributed by atoms with van der Waals surface area (Å²) in [5.41, 5.74) is 0.259. The van der Waals surface area contributed by atoms with Gasteiger partial charge in [-0.1, -0.05) is 0 Å². The van der Waals surface area contributed by atoms with Crippen molar-refractivity contribution >= 4 is 43.0 Å². The van der Waals surface area contributed by atoms with Gasteiger partial charge in [-0.05, 0) is 40.5 Å². The molecule has 0 aliphatic rings. The molecule has 1 heterocycles. The molecule has 0 spiro atoms. The molecule has 0 aliphatic heterocycles. The lowest BCUT2D eigenvalue weighted by Gasteiger charge is -2.09. The van der Waals surface area contributed by atoms with E-state index in [1.807, 2.05) is 0 Å². The molecule has 0 atom stereocenters. The average Bonchev–Trinajstić information content (AvgIpc) is 2.76. The van der Waals surface area contributed by atoms with Gasteiger partial charge in [-0.3, -0.25) is 4.72 Å². The van der Waals surface area contributed by atoms with Crippen molar-refractivity contribution in [2.45, 2.75) is 17.7 Å². The minimum atomic E-state index is -4.02. The normalized spacial score (nSPS) is 11.7. The van der Waals surface area contributed by atoms with Crippen molar-refractivity contribution in [3.05, 3.63) is 44.7 Å². The number of aliphatic hydroxyl groups excluding tert-OH is 1. The lowest BCUT2D eigenvalue weighted by molar-refractivity contribution is 0.285. The summed E-state index contributed by atoms with van der Waals surface area (Å²) in [6.45, 7) is 1.39. The monoisotopic (exact) mass is 397 g/mol. The summed E-state index contributed by atoms with van der Waals surface area (Å²) >= 11 is 3.80. The smallest absolute Gasteiger partial charge is 0.271 e. The Labute approximate surface area is 132 Å². The molecule has 0 radical (unpaired) electrons. The van der Waals surface area contributed by atoms with Crippen LogP contribution in [0.2, 0.25) is 0 Å². The molecule has 4 nitrogen and oxygen atoms in total. The number of rotatable bonds is 4. The van der Waals surface area contributed by atoms with E-state index in [4.69, 9.17) is 5.11 Å². The number of thiophene rings is 1. The molecule has 1 aromatic heterocycles. The lowest BCUT2D eigenvalue weighted by Crippen LogP contribution is -2.13. The van der Waals surface area contributed by atoms with E-state index < -0.39 is 21.7 Å². The zero-order valence-electron chi connectivity index (χ0n) is 10.7. The van der Waals surface area contributed by atoms with Crippen LogP contribution in [0.3, 0.4) is 0 Å². The summed E-state index contributed by atoms with van der Waals surface area (Å²) in [6, 6.07) is 2.93. The Morgan fingerprint density at radius 1 is 1.33 bits per heavy atom. The summed E-state index contributed by atoms with van der Waals surface area (Å²) in [5, 5.41) is 9.09. The second-order valence-electron chi connectivity index (χ2n) is 4.18. The molecule has 0 saturated carbocycles. The molecule has 9 heteroatoms. The molecule has 0 saturated heterocycles. The molecule has 0 unspecified atom stereocenters. The number of sulfonamides is 1. The fourth-order valence-corrected chi connectivity index (χ4v) is 4.78. The maximum absolute atomic E-state index is 13.7. The quantitative estimate of drug-likeness (QED) is 0.830. The third-order valence-corrected chi connectivity index (χ3v) is 6.32. The Morgan fingerprint density at radius 3 is 2.52 bits per heavy atom. The molecule has 0 fully saturated rings. The number of halogens is 3. The Balaban J connectivity index is 2.42. The minimum Gasteiger partial charge on any atom is -0.391 e. The molecule has 0 amide bonds. The van der Waals surface area contributed by atoms with Gasteiger partial charge in [0.25, 0.3) is 10.0 Å². The van der Waals surface area contributed by atoms with E-state index in [2.05, 4.69) is 20.7 Å². The van der Waals surface area contributed by atoms with Gasteiger partial charge in [-0.2, -0.15) is 0 Å². The summed E-state index contributed by atoms with van der Waals surface area (Å²) in [6.07, 6.45) is 0. The Kier molecular flexibility index (Phi) is 4.66. The SMILES string of the molecule is Cc1cc(S(=O)(=O)Nc2c(F)cc(F)cc2Br)sc1CO. The van der Waals surface area contributed by atoms with Gasteiger partial charge in [0.05, 0.1) is 12.3 Å². The van der Waals surface area contributed by atoms with E-state index in [9.17, 15) is 17.2 Å². The van der Waals surface area contributed by atoms with Gasteiger partial charge in [0, 0.05) is 15.4 Å². The highest BCUT2D eigenvalue weighted by atomic mass is 79.9. The molecule has 2 N–H and O–H groups in total. The van der Waals surface area contributed by atoms with Crippen molar-refractivity contribution in [3.63, 3.8) is 0 Å². The molecule has 21 heavy (non-hydrogen) atoms. The van der Waals surface area contributed by atoms with Crippen LogP contribution < -0.4 is 4.72 Å². The van der Waals surface area contributed by atoms with Gasteiger partial charge in [0.2, 0.25) is 0 Å². The van der Waals surface area contributed by atoms with Crippen LogP contribution in [-0.2, 0) is 16.6 Å². The topological polar surface area (TPSA) is 66.4 Å². The van der Waals surface area contributed by atoms with Gasteiger partial charge < -0.3 is 5.11 Å². The Morgan fingerprint density at radius 2 is 2.00 bits per heavy atom. The first-order valence-corrected chi connectivity index (χ1v) is 8.71.